The first kappa shape index (κ1) is 11.6. The molecule has 0 aliphatic carbocycles. The maximum Gasteiger partial charge on any atom is 0.310 e. The van der Waals surface area contributed by atoms with Crippen LogP contribution in [0.4, 0.5) is 5.69 Å². The smallest absolute Gasteiger partial charge is 0.310 e. The number of nitrogens with one attached hydrogen (secondary N) is 1. The third-order valence-electron chi connectivity index (χ3n) is 2.35. The summed E-state index contributed by atoms with van der Waals surface area (Å²) in [5.41, 5.74) is 1.03. The van der Waals surface area contributed by atoms with Crippen LogP contribution < -0.4 is 5.32 Å². The number of hydrogen-bond acceptors (Lipinski definition) is 3. The third-order valence-corrected chi connectivity index (χ3v) is 2.35. The molecule has 0 aliphatic rings. The molecule has 1 rings (SSSR count). The van der Waals surface area contributed by atoms with Gasteiger partial charge in [0.2, 0.25) is 0 Å². The van der Waals surface area contributed by atoms with E-state index >= 15 is 0 Å². The molecule has 0 bridgehead atoms. The zero-order chi connectivity index (χ0) is 11.1. The first-order chi connectivity index (χ1) is 7.27. The lowest BCUT2D eigenvalue weighted by Gasteiger charge is -2.13. The Balaban J connectivity index is 2.44. The Bertz CT molecular complexity index is 298. The van der Waals surface area contributed by atoms with Gasteiger partial charge < -0.3 is 10.1 Å². The number of carbonyl (C=O) groups excluding carboxylic acids is 1. The van der Waals surface area contributed by atoms with Crippen LogP contribution in [0.25, 0.3) is 0 Å². The van der Waals surface area contributed by atoms with Crippen molar-refractivity contribution >= 4 is 11.7 Å². The summed E-state index contributed by atoms with van der Waals surface area (Å²) in [6, 6.07) is 9.83. The predicted molar refractivity (Wildman–Crippen MR) is 60.7 cm³/mol. The van der Waals surface area contributed by atoms with E-state index in [2.05, 4.69) is 5.32 Å². The van der Waals surface area contributed by atoms with Crippen LogP contribution in [0, 0.1) is 5.92 Å². The topological polar surface area (TPSA) is 38.3 Å². The van der Waals surface area contributed by atoms with Crippen LogP contribution in [0.1, 0.15) is 13.3 Å². The number of anilines is 1. The zero-order valence-corrected chi connectivity index (χ0v) is 9.19. The molecule has 0 spiro atoms. The van der Waals surface area contributed by atoms with Crippen molar-refractivity contribution in [3.8, 4) is 0 Å². The van der Waals surface area contributed by atoms with E-state index in [1.807, 2.05) is 37.3 Å². The summed E-state index contributed by atoms with van der Waals surface area (Å²) in [4.78, 5) is 11.3. The molecule has 3 nitrogen and oxygen atoms in total. The zero-order valence-electron chi connectivity index (χ0n) is 9.19. The number of methoxy groups -OCH3 is 1. The van der Waals surface area contributed by atoms with E-state index in [4.69, 9.17) is 4.74 Å². The quantitative estimate of drug-likeness (QED) is 0.753. The Kier molecular flexibility index (Phi) is 4.68. The summed E-state index contributed by atoms with van der Waals surface area (Å²) in [7, 11) is 1.42. The van der Waals surface area contributed by atoms with E-state index in [9.17, 15) is 4.79 Å². The number of hydrogen-bond donors (Lipinski definition) is 1. The van der Waals surface area contributed by atoms with Crippen molar-refractivity contribution in [2.75, 3.05) is 19.0 Å². The Morgan fingerprint density at radius 1 is 1.40 bits per heavy atom. The maximum absolute atomic E-state index is 11.3. The van der Waals surface area contributed by atoms with E-state index in [0.717, 1.165) is 12.1 Å². The molecule has 1 atom stereocenters. The van der Waals surface area contributed by atoms with Gasteiger partial charge in [-0.15, -0.1) is 0 Å². The second-order valence-corrected chi connectivity index (χ2v) is 3.38. The first-order valence-electron chi connectivity index (χ1n) is 5.14. The number of rotatable bonds is 5. The van der Waals surface area contributed by atoms with Gasteiger partial charge in [-0.2, -0.15) is 0 Å². The molecule has 0 aliphatic heterocycles. The molecule has 15 heavy (non-hydrogen) atoms. The summed E-state index contributed by atoms with van der Waals surface area (Å²) in [6.45, 7) is 2.60. The molecule has 1 aromatic carbocycles. The summed E-state index contributed by atoms with van der Waals surface area (Å²) in [5.74, 6) is -0.226. The SMILES string of the molecule is CCC(CNc1ccccc1)C(=O)OC. The van der Waals surface area contributed by atoms with E-state index in [-0.39, 0.29) is 11.9 Å². The second-order valence-electron chi connectivity index (χ2n) is 3.38. The van der Waals surface area contributed by atoms with Gasteiger partial charge in [0.25, 0.3) is 0 Å². The lowest BCUT2D eigenvalue weighted by atomic mass is 10.1. The highest BCUT2D eigenvalue weighted by Crippen LogP contribution is 2.09. The molecule has 0 saturated carbocycles. The van der Waals surface area contributed by atoms with Gasteiger partial charge in [-0.3, -0.25) is 4.79 Å². The van der Waals surface area contributed by atoms with Crippen LogP contribution in [0.2, 0.25) is 0 Å². The average Bonchev–Trinajstić information content (AvgIpc) is 2.31. The fourth-order valence-electron chi connectivity index (χ4n) is 1.36. The van der Waals surface area contributed by atoms with Crippen LogP contribution >= 0.6 is 0 Å². The van der Waals surface area contributed by atoms with Gasteiger partial charge in [0.05, 0.1) is 13.0 Å². The van der Waals surface area contributed by atoms with Crippen LogP contribution in [0.15, 0.2) is 30.3 Å². The number of para-hydroxylation sites is 1. The highest BCUT2D eigenvalue weighted by molar-refractivity contribution is 5.73. The van der Waals surface area contributed by atoms with Crippen molar-refractivity contribution < 1.29 is 9.53 Å². The molecule has 0 fully saturated rings. The molecule has 0 amide bonds. The lowest BCUT2D eigenvalue weighted by Crippen LogP contribution is -2.23. The fourth-order valence-corrected chi connectivity index (χ4v) is 1.36. The molecule has 0 aromatic heterocycles. The highest BCUT2D eigenvalue weighted by Gasteiger charge is 2.15. The summed E-state index contributed by atoms with van der Waals surface area (Å²) in [6.07, 6.45) is 0.784. The molecule has 1 aromatic rings. The first-order valence-corrected chi connectivity index (χ1v) is 5.14. The minimum Gasteiger partial charge on any atom is -0.469 e. The minimum atomic E-state index is -0.152. The average molecular weight is 207 g/mol. The second kappa shape index (κ2) is 6.06. The summed E-state index contributed by atoms with van der Waals surface area (Å²) in [5, 5.41) is 3.21. The summed E-state index contributed by atoms with van der Waals surface area (Å²) >= 11 is 0. The van der Waals surface area contributed by atoms with Gasteiger partial charge in [0.15, 0.2) is 0 Å². The van der Waals surface area contributed by atoms with Crippen molar-refractivity contribution in [3.63, 3.8) is 0 Å². The molecule has 1 unspecified atom stereocenters. The fraction of sp³-hybridized carbons (Fsp3) is 0.417. The molecule has 0 radical (unpaired) electrons. The van der Waals surface area contributed by atoms with Crippen molar-refractivity contribution in [2.24, 2.45) is 5.92 Å². The largest absolute Gasteiger partial charge is 0.469 e. The number of carbonyl (C=O) groups is 1. The maximum atomic E-state index is 11.3. The van der Waals surface area contributed by atoms with Crippen molar-refractivity contribution in [1.82, 2.24) is 0 Å². The monoisotopic (exact) mass is 207 g/mol. The molecule has 1 N–H and O–H groups in total. The minimum absolute atomic E-state index is 0.0739. The van der Waals surface area contributed by atoms with Crippen molar-refractivity contribution in [1.29, 1.82) is 0 Å². The van der Waals surface area contributed by atoms with Crippen LogP contribution in [0.5, 0.6) is 0 Å². The Morgan fingerprint density at radius 3 is 2.60 bits per heavy atom. The van der Waals surface area contributed by atoms with Crippen LogP contribution in [-0.4, -0.2) is 19.6 Å². The molecule has 3 heteroatoms. The normalized spacial score (nSPS) is 11.9. The van der Waals surface area contributed by atoms with Gasteiger partial charge in [0.1, 0.15) is 0 Å². The summed E-state index contributed by atoms with van der Waals surface area (Å²) < 4.78 is 4.71. The molecule has 0 saturated heterocycles. The van der Waals surface area contributed by atoms with Gasteiger partial charge in [-0.25, -0.2) is 0 Å². The lowest BCUT2D eigenvalue weighted by molar-refractivity contribution is -0.145. The standard InChI is InChI=1S/C12H17NO2/c1-3-10(12(14)15-2)9-13-11-7-5-4-6-8-11/h4-8,10,13H,3,9H2,1-2H3. The molecular formula is C12H17NO2. The van der Waals surface area contributed by atoms with E-state index in [0.29, 0.717) is 6.54 Å². The molecule has 82 valence electrons. The molecular weight excluding hydrogens is 190 g/mol. The number of benzene rings is 1. The Labute approximate surface area is 90.4 Å². The third kappa shape index (κ3) is 3.62. The van der Waals surface area contributed by atoms with Gasteiger partial charge in [-0.05, 0) is 18.6 Å². The number of ether oxygens (including phenoxy) is 1. The van der Waals surface area contributed by atoms with Gasteiger partial charge in [0, 0.05) is 12.2 Å². The van der Waals surface area contributed by atoms with Gasteiger partial charge >= 0.3 is 5.97 Å². The van der Waals surface area contributed by atoms with Gasteiger partial charge in [-0.1, -0.05) is 25.1 Å². The Morgan fingerprint density at radius 2 is 2.07 bits per heavy atom. The highest BCUT2D eigenvalue weighted by atomic mass is 16.5. The Hall–Kier alpha value is -1.51. The van der Waals surface area contributed by atoms with E-state index in [1.54, 1.807) is 0 Å². The van der Waals surface area contributed by atoms with Crippen LogP contribution in [-0.2, 0) is 9.53 Å². The molecule has 0 heterocycles. The van der Waals surface area contributed by atoms with Crippen LogP contribution in [0.3, 0.4) is 0 Å². The van der Waals surface area contributed by atoms with E-state index < -0.39 is 0 Å². The van der Waals surface area contributed by atoms with Crippen molar-refractivity contribution in [3.05, 3.63) is 30.3 Å². The van der Waals surface area contributed by atoms with Crippen molar-refractivity contribution in [2.45, 2.75) is 13.3 Å². The van der Waals surface area contributed by atoms with E-state index in [1.165, 1.54) is 7.11 Å². The predicted octanol–water partition coefficient (Wildman–Crippen LogP) is 2.30. The number of esters is 1.